The number of imide groups is 2. The van der Waals surface area contributed by atoms with Gasteiger partial charge in [0, 0.05) is 26.9 Å². The van der Waals surface area contributed by atoms with Crippen LogP contribution in [0.5, 0.6) is 5.88 Å². The number of rotatable bonds is 1. The van der Waals surface area contributed by atoms with Crippen molar-refractivity contribution < 1.29 is 29.2 Å². The highest BCUT2D eigenvalue weighted by Gasteiger charge is 2.53. The highest BCUT2D eigenvalue weighted by atomic mass is 16.3. The Kier molecular flexibility index (Phi) is 6.48. The third-order valence-corrected chi connectivity index (χ3v) is 5.74. The summed E-state index contributed by atoms with van der Waals surface area (Å²) in [7, 11) is 2.00. The van der Waals surface area contributed by atoms with E-state index in [2.05, 4.69) is 9.89 Å². The number of hydrogen-bond donors (Lipinski definition) is 4. The minimum absolute atomic E-state index is 0.450. The van der Waals surface area contributed by atoms with Crippen molar-refractivity contribution in [1.29, 1.82) is 0 Å². The van der Waals surface area contributed by atoms with Gasteiger partial charge in [-0.15, -0.1) is 0 Å². The van der Waals surface area contributed by atoms with Crippen molar-refractivity contribution in [2.45, 2.75) is 37.7 Å². The molecule has 4 N–H and O–H groups in total. The Hall–Kier alpha value is -3.48. The second-order valence-corrected chi connectivity index (χ2v) is 7.86. The molecule has 1 aromatic rings. The van der Waals surface area contributed by atoms with Crippen LogP contribution in [-0.2, 0) is 29.3 Å². The molecule has 0 radical (unpaired) electrons. The molecule has 1 fully saturated rings. The van der Waals surface area contributed by atoms with Crippen molar-refractivity contribution in [1.82, 2.24) is 25.1 Å². The Morgan fingerprint density at radius 3 is 2.22 bits per heavy atom. The van der Waals surface area contributed by atoms with Crippen LogP contribution in [0.25, 0.3) is 0 Å². The fourth-order valence-electron chi connectivity index (χ4n) is 3.90. The summed E-state index contributed by atoms with van der Waals surface area (Å²) >= 11 is 0. The van der Waals surface area contributed by atoms with Crippen LogP contribution in [0.15, 0.2) is 9.59 Å². The standard InChI is InChI=1S/C10H10N4O7.C9H16N2/c1-13-4(15)3(5(16)14(2)9(13)20)10(21)6(17)11-8(19)12-7(10)18;1-2-5-9-10-6-4-8-11(9)7-3-1/h15,21H,1-2H3,(H2,11,12,17,18,19);1-8H2. The van der Waals surface area contributed by atoms with Crippen LogP contribution in [0.4, 0.5) is 4.79 Å². The van der Waals surface area contributed by atoms with Gasteiger partial charge in [-0.1, -0.05) is 0 Å². The lowest BCUT2D eigenvalue weighted by molar-refractivity contribution is -0.534. The molecule has 174 valence electrons. The smallest absolute Gasteiger partial charge is 0.329 e. The minimum atomic E-state index is -3.20. The molecule has 1 aromatic heterocycles. The van der Waals surface area contributed by atoms with Crippen LogP contribution in [0.3, 0.4) is 0 Å². The maximum absolute atomic E-state index is 12.0. The highest BCUT2D eigenvalue weighted by Crippen LogP contribution is 2.25. The maximum atomic E-state index is 12.0. The summed E-state index contributed by atoms with van der Waals surface area (Å²) in [6.07, 6.45) is 6.81. The average molecular weight is 450 g/mol. The molecule has 0 atom stereocenters. The normalized spacial score (nSPS) is 20.2. The Balaban J connectivity index is 0.000000219. The molecule has 0 spiro atoms. The summed E-state index contributed by atoms with van der Waals surface area (Å²) in [6, 6.07) is -1.20. The minimum Gasteiger partial charge on any atom is -0.860 e. The van der Waals surface area contributed by atoms with Crippen LogP contribution in [0.1, 0.15) is 37.7 Å². The summed E-state index contributed by atoms with van der Waals surface area (Å²) in [6.45, 7) is 3.79. The van der Waals surface area contributed by atoms with Crippen LogP contribution in [-0.4, -0.2) is 62.1 Å². The van der Waals surface area contributed by atoms with Crippen LogP contribution < -0.4 is 32.3 Å². The van der Waals surface area contributed by atoms with Gasteiger partial charge >= 0.3 is 11.7 Å². The number of carbonyl (C=O) groups is 3. The Morgan fingerprint density at radius 2 is 1.56 bits per heavy atom. The molecule has 0 unspecified atom stereocenters. The number of aliphatic hydroxyl groups is 1. The van der Waals surface area contributed by atoms with Crippen molar-refractivity contribution in [2.24, 2.45) is 14.1 Å². The van der Waals surface area contributed by atoms with Crippen LogP contribution in [0, 0.1) is 0 Å². The number of nitrogens with zero attached hydrogens (tertiary/aromatic N) is 3. The Morgan fingerprint density at radius 1 is 0.938 bits per heavy atom. The van der Waals surface area contributed by atoms with Crippen molar-refractivity contribution in [3.8, 4) is 5.88 Å². The summed E-state index contributed by atoms with van der Waals surface area (Å²) in [4.78, 5) is 58.0. The fourth-order valence-corrected chi connectivity index (χ4v) is 3.90. The maximum Gasteiger partial charge on any atom is 0.329 e. The van der Waals surface area contributed by atoms with Crippen LogP contribution >= 0.6 is 0 Å². The number of nitrogens with one attached hydrogen (secondary N) is 3. The monoisotopic (exact) mass is 450 g/mol. The Bertz CT molecular complexity index is 1080. The van der Waals surface area contributed by atoms with Gasteiger partial charge in [-0.05, 0) is 25.1 Å². The number of amides is 4. The number of hydrogen-bond acceptors (Lipinski definition) is 8. The predicted molar refractivity (Wildman–Crippen MR) is 108 cm³/mol. The van der Waals surface area contributed by atoms with Gasteiger partial charge in [0.25, 0.3) is 23.0 Å². The fraction of sp³-hybridized carbons (Fsp3) is 0.579. The third kappa shape index (κ3) is 4.02. The molecular formula is C19H26N6O7. The molecule has 3 aliphatic heterocycles. The third-order valence-electron chi connectivity index (χ3n) is 5.74. The first-order valence-corrected chi connectivity index (χ1v) is 10.3. The summed E-state index contributed by atoms with van der Waals surface area (Å²) in [5, 5.41) is 28.8. The van der Waals surface area contributed by atoms with Crippen molar-refractivity contribution in [3.05, 3.63) is 26.4 Å². The van der Waals surface area contributed by atoms with Gasteiger partial charge in [0.2, 0.25) is 5.84 Å². The van der Waals surface area contributed by atoms with E-state index in [1.54, 1.807) is 10.6 Å². The van der Waals surface area contributed by atoms with E-state index >= 15 is 0 Å². The molecule has 1 saturated heterocycles. The molecule has 32 heavy (non-hydrogen) atoms. The van der Waals surface area contributed by atoms with Gasteiger partial charge in [-0.25, -0.2) is 9.59 Å². The van der Waals surface area contributed by atoms with E-state index in [0.717, 1.165) is 14.1 Å². The van der Waals surface area contributed by atoms with Gasteiger partial charge in [0.15, 0.2) is 0 Å². The van der Waals surface area contributed by atoms with Crippen molar-refractivity contribution >= 4 is 23.7 Å². The van der Waals surface area contributed by atoms with E-state index in [-0.39, 0.29) is 0 Å². The van der Waals surface area contributed by atoms with Crippen molar-refractivity contribution in [3.63, 3.8) is 0 Å². The number of aromatic nitrogens is 2. The molecule has 0 aromatic carbocycles. The zero-order valence-corrected chi connectivity index (χ0v) is 17.9. The second kappa shape index (κ2) is 8.94. The molecule has 13 heteroatoms. The molecule has 0 aliphatic carbocycles. The zero-order valence-electron chi connectivity index (χ0n) is 17.9. The quantitative estimate of drug-likeness (QED) is 0.254. The summed E-state index contributed by atoms with van der Waals surface area (Å²) < 4.78 is 3.44. The predicted octanol–water partition coefficient (Wildman–Crippen LogP) is -3.32. The number of carbonyl (C=O) groups excluding carboxylic acids is 3. The molecule has 4 heterocycles. The largest absolute Gasteiger partial charge is 0.860 e. The van der Waals surface area contributed by atoms with Crippen molar-refractivity contribution in [2.75, 3.05) is 19.6 Å². The van der Waals surface area contributed by atoms with Gasteiger partial charge < -0.3 is 14.8 Å². The van der Waals surface area contributed by atoms with Crippen LogP contribution in [0.2, 0.25) is 0 Å². The first-order valence-electron chi connectivity index (χ1n) is 10.3. The summed E-state index contributed by atoms with van der Waals surface area (Å²) in [5.41, 5.74) is -6.66. The first kappa shape index (κ1) is 23.2. The SMILES string of the molecule is C1CCC2=[N+](CC1)CCCN2.Cn1c([O-])c(C2(O)C(=O)NC(=O)NC2=O)c(=O)n(C)c1=O. The van der Waals surface area contributed by atoms with Gasteiger partial charge in [-0.2, -0.15) is 0 Å². The topological polar surface area (TPSA) is 178 Å². The number of amidine groups is 1. The summed E-state index contributed by atoms with van der Waals surface area (Å²) in [5.74, 6) is -2.90. The molecule has 13 nitrogen and oxygen atoms in total. The number of barbiturate groups is 1. The van der Waals surface area contributed by atoms with E-state index in [9.17, 15) is 34.2 Å². The highest BCUT2D eigenvalue weighted by molar-refractivity contribution is 6.21. The first-order chi connectivity index (χ1) is 15.1. The van der Waals surface area contributed by atoms with Gasteiger partial charge in [0.1, 0.15) is 0 Å². The molecule has 0 saturated carbocycles. The molecule has 3 aliphatic rings. The molecule has 4 amide bonds. The van der Waals surface area contributed by atoms with E-state index in [4.69, 9.17) is 0 Å². The zero-order chi connectivity index (χ0) is 23.6. The number of urea groups is 1. The lowest BCUT2D eigenvalue weighted by Gasteiger charge is -2.32. The van der Waals surface area contributed by atoms with Gasteiger partial charge in [-0.3, -0.25) is 39.5 Å². The molecule has 0 bridgehead atoms. The second-order valence-electron chi connectivity index (χ2n) is 7.86. The average Bonchev–Trinajstić information content (AvgIpc) is 3.01. The van der Waals surface area contributed by atoms with E-state index < -0.39 is 46.1 Å². The Labute approximate surface area is 182 Å². The van der Waals surface area contributed by atoms with E-state index in [0.29, 0.717) is 9.13 Å². The van der Waals surface area contributed by atoms with E-state index in [1.165, 1.54) is 57.6 Å². The molecular weight excluding hydrogens is 424 g/mol. The lowest BCUT2D eigenvalue weighted by atomic mass is 9.92. The van der Waals surface area contributed by atoms with Gasteiger partial charge in [0.05, 0.1) is 25.2 Å². The van der Waals surface area contributed by atoms with E-state index in [1.807, 2.05) is 0 Å². The lowest BCUT2D eigenvalue weighted by Crippen LogP contribution is -2.66. The molecule has 4 rings (SSSR count).